The third-order valence-electron chi connectivity index (χ3n) is 4.95. The van der Waals surface area contributed by atoms with Gasteiger partial charge in [-0.2, -0.15) is 5.10 Å². The molecule has 3 rings (SSSR count). The monoisotopic (exact) mass is 371 g/mol. The van der Waals surface area contributed by atoms with E-state index in [4.69, 9.17) is 9.47 Å². The number of benzene rings is 1. The minimum atomic E-state index is -0.707. The fourth-order valence-corrected chi connectivity index (χ4v) is 3.34. The van der Waals surface area contributed by atoms with Crippen LogP contribution in [0.2, 0.25) is 0 Å². The molecule has 1 aromatic carbocycles. The summed E-state index contributed by atoms with van der Waals surface area (Å²) in [6.45, 7) is 1.68. The van der Waals surface area contributed by atoms with Crippen LogP contribution in [-0.4, -0.2) is 35.9 Å². The minimum absolute atomic E-state index is 0.190. The molecule has 0 saturated heterocycles. The van der Waals surface area contributed by atoms with Crippen LogP contribution < -0.4 is 20.3 Å². The first-order valence-electron chi connectivity index (χ1n) is 9.16. The fourth-order valence-electron chi connectivity index (χ4n) is 3.34. The lowest BCUT2D eigenvalue weighted by molar-refractivity contribution is -0.124. The van der Waals surface area contributed by atoms with Gasteiger partial charge in [-0.15, -0.1) is 0 Å². The number of carbonyl (C=O) groups is 1. The summed E-state index contributed by atoms with van der Waals surface area (Å²) in [5.41, 5.74) is 0.892. The van der Waals surface area contributed by atoms with Gasteiger partial charge in [-0.3, -0.25) is 9.59 Å². The van der Waals surface area contributed by atoms with Gasteiger partial charge >= 0.3 is 0 Å². The van der Waals surface area contributed by atoms with E-state index in [9.17, 15) is 9.59 Å². The topological polar surface area (TPSA) is 82.5 Å². The molecule has 1 atom stereocenters. The molecule has 1 aliphatic rings. The van der Waals surface area contributed by atoms with Gasteiger partial charge in [0, 0.05) is 17.7 Å². The zero-order chi connectivity index (χ0) is 19.4. The first kappa shape index (κ1) is 18.9. The van der Waals surface area contributed by atoms with Gasteiger partial charge in [0.05, 0.1) is 14.2 Å². The maximum absolute atomic E-state index is 12.6. The number of nitrogens with one attached hydrogen (secondary N) is 1. The van der Waals surface area contributed by atoms with Gasteiger partial charge < -0.3 is 14.8 Å². The van der Waals surface area contributed by atoms with Crippen molar-refractivity contribution in [3.05, 3.63) is 40.7 Å². The first-order chi connectivity index (χ1) is 13.0. The van der Waals surface area contributed by atoms with Crippen LogP contribution in [0.4, 0.5) is 0 Å². The van der Waals surface area contributed by atoms with Crippen molar-refractivity contribution in [2.75, 3.05) is 14.2 Å². The lowest BCUT2D eigenvalue weighted by Gasteiger charge is -2.19. The Morgan fingerprint density at radius 3 is 2.44 bits per heavy atom. The van der Waals surface area contributed by atoms with Gasteiger partial charge in [0.2, 0.25) is 5.91 Å². The predicted octanol–water partition coefficient (Wildman–Crippen LogP) is 2.55. The van der Waals surface area contributed by atoms with Crippen molar-refractivity contribution in [1.82, 2.24) is 15.1 Å². The number of aromatic nitrogens is 2. The van der Waals surface area contributed by atoms with Crippen molar-refractivity contribution >= 4 is 5.91 Å². The summed E-state index contributed by atoms with van der Waals surface area (Å²) < 4.78 is 11.7. The van der Waals surface area contributed by atoms with E-state index in [-0.39, 0.29) is 17.5 Å². The normalized spacial score (nSPS) is 15.4. The maximum Gasteiger partial charge on any atom is 0.271 e. The van der Waals surface area contributed by atoms with E-state index in [1.54, 1.807) is 14.0 Å². The number of ether oxygens (including phenoxy) is 2. The van der Waals surface area contributed by atoms with Crippen molar-refractivity contribution in [3.8, 4) is 22.8 Å². The molecular formula is C20H25N3O4. The number of hydrogen-bond donors (Lipinski definition) is 1. The van der Waals surface area contributed by atoms with Crippen LogP contribution in [0.1, 0.15) is 38.6 Å². The molecule has 1 fully saturated rings. The van der Waals surface area contributed by atoms with E-state index >= 15 is 0 Å². The highest BCUT2D eigenvalue weighted by molar-refractivity contribution is 5.80. The maximum atomic E-state index is 12.6. The number of amides is 1. The predicted molar refractivity (Wildman–Crippen MR) is 102 cm³/mol. The molecule has 1 amide bonds. The lowest BCUT2D eigenvalue weighted by Crippen LogP contribution is -2.41. The highest BCUT2D eigenvalue weighted by atomic mass is 16.5. The third kappa shape index (κ3) is 4.13. The Hall–Kier alpha value is -2.83. The van der Waals surface area contributed by atoms with Crippen molar-refractivity contribution < 1.29 is 14.3 Å². The molecule has 1 N–H and O–H groups in total. The van der Waals surface area contributed by atoms with Crippen molar-refractivity contribution in [1.29, 1.82) is 0 Å². The molecule has 144 valence electrons. The van der Waals surface area contributed by atoms with Gasteiger partial charge in [0.1, 0.15) is 17.5 Å². The summed E-state index contributed by atoms with van der Waals surface area (Å²) in [5, 5.41) is 7.46. The highest BCUT2D eigenvalue weighted by Crippen LogP contribution is 2.28. The van der Waals surface area contributed by atoms with Crippen molar-refractivity contribution in [2.24, 2.45) is 0 Å². The molecule has 7 nitrogen and oxygen atoms in total. The zero-order valence-electron chi connectivity index (χ0n) is 15.9. The van der Waals surface area contributed by atoms with Crippen LogP contribution in [0.25, 0.3) is 11.3 Å². The van der Waals surface area contributed by atoms with Gasteiger partial charge in [0.15, 0.2) is 5.75 Å². The SMILES string of the molecule is COc1ccc(-c2nn(C(C)C(=O)NC3CCCC3)c(=O)cc2OC)cc1. The Balaban J connectivity index is 1.92. The molecule has 0 aliphatic heterocycles. The molecule has 0 spiro atoms. The van der Waals surface area contributed by atoms with E-state index in [0.717, 1.165) is 37.0 Å². The number of hydrogen-bond acceptors (Lipinski definition) is 5. The van der Waals surface area contributed by atoms with Crippen LogP contribution in [0.3, 0.4) is 0 Å². The molecule has 1 aliphatic carbocycles. The standard InChI is InChI=1S/C20H25N3O4/c1-13(20(25)21-15-6-4-5-7-15)23-18(24)12-17(27-3)19(22-23)14-8-10-16(26-2)11-9-14/h8-13,15H,4-7H2,1-3H3,(H,21,25). The quantitative estimate of drug-likeness (QED) is 0.844. The molecule has 7 heteroatoms. The molecule has 27 heavy (non-hydrogen) atoms. The average molecular weight is 371 g/mol. The molecule has 1 unspecified atom stereocenters. The van der Waals surface area contributed by atoms with E-state index in [2.05, 4.69) is 10.4 Å². The second-order valence-corrected chi connectivity index (χ2v) is 6.74. The number of nitrogens with zero attached hydrogens (tertiary/aromatic N) is 2. The largest absolute Gasteiger partial charge is 0.497 e. The van der Waals surface area contributed by atoms with Crippen LogP contribution in [0, 0.1) is 0 Å². The summed E-state index contributed by atoms with van der Waals surface area (Å²) in [5.74, 6) is 0.891. The number of rotatable bonds is 6. The Kier molecular flexibility index (Phi) is 5.78. The van der Waals surface area contributed by atoms with Gasteiger partial charge in [-0.25, -0.2) is 4.68 Å². The molecule has 1 saturated carbocycles. The molecule has 0 bridgehead atoms. The van der Waals surface area contributed by atoms with E-state index in [1.165, 1.54) is 17.9 Å². The summed E-state index contributed by atoms with van der Waals surface area (Å²) in [6.07, 6.45) is 4.23. The van der Waals surface area contributed by atoms with Crippen molar-refractivity contribution in [3.63, 3.8) is 0 Å². The minimum Gasteiger partial charge on any atom is -0.497 e. The smallest absolute Gasteiger partial charge is 0.271 e. The molecule has 0 radical (unpaired) electrons. The first-order valence-corrected chi connectivity index (χ1v) is 9.16. The van der Waals surface area contributed by atoms with Crippen LogP contribution in [-0.2, 0) is 4.79 Å². The zero-order valence-corrected chi connectivity index (χ0v) is 15.9. The fraction of sp³-hybridized carbons (Fsp3) is 0.450. The van der Waals surface area contributed by atoms with Gasteiger partial charge in [-0.05, 0) is 44.0 Å². The van der Waals surface area contributed by atoms with Gasteiger partial charge in [0.25, 0.3) is 5.56 Å². The van der Waals surface area contributed by atoms with Crippen LogP contribution >= 0.6 is 0 Å². The molecule has 2 aromatic rings. The van der Waals surface area contributed by atoms with E-state index < -0.39 is 6.04 Å². The second-order valence-electron chi connectivity index (χ2n) is 6.74. The highest BCUT2D eigenvalue weighted by Gasteiger charge is 2.24. The summed E-state index contributed by atoms with van der Waals surface area (Å²) in [6, 6.07) is 8.13. The summed E-state index contributed by atoms with van der Waals surface area (Å²) in [7, 11) is 3.09. The summed E-state index contributed by atoms with van der Waals surface area (Å²) >= 11 is 0. The Labute approximate surface area is 158 Å². The number of carbonyl (C=O) groups excluding carboxylic acids is 1. The second kappa shape index (κ2) is 8.24. The molecular weight excluding hydrogens is 346 g/mol. The van der Waals surface area contributed by atoms with E-state index in [1.807, 2.05) is 24.3 Å². The molecule has 1 heterocycles. The average Bonchev–Trinajstić information content (AvgIpc) is 3.20. The van der Waals surface area contributed by atoms with Gasteiger partial charge in [-0.1, -0.05) is 12.8 Å². The summed E-state index contributed by atoms with van der Waals surface area (Å²) in [4.78, 5) is 25.1. The Bertz CT molecular complexity index is 855. The third-order valence-corrected chi connectivity index (χ3v) is 4.95. The molecule has 1 aromatic heterocycles. The van der Waals surface area contributed by atoms with E-state index in [0.29, 0.717) is 11.4 Å². The van der Waals surface area contributed by atoms with Crippen molar-refractivity contribution in [2.45, 2.75) is 44.7 Å². The van der Waals surface area contributed by atoms with Crippen LogP contribution in [0.15, 0.2) is 35.1 Å². The lowest BCUT2D eigenvalue weighted by atomic mass is 10.1. The number of methoxy groups -OCH3 is 2. The van der Waals surface area contributed by atoms with Crippen LogP contribution in [0.5, 0.6) is 11.5 Å². The Morgan fingerprint density at radius 1 is 1.19 bits per heavy atom. The Morgan fingerprint density at radius 2 is 1.85 bits per heavy atom.